The molecule has 0 aromatic heterocycles. The lowest BCUT2D eigenvalue weighted by molar-refractivity contribution is 0.0732. The molecule has 0 bridgehead atoms. The third kappa shape index (κ3) is 6.32. The van der Waals surface area contributed by atoms with Crippen LogP contribution in [0.4, 0.5) is 0 Å². The predicted molar refractivity (Wildman–Crippen MR) is 86.2 cm³/mol. The molecule has 0 fully saturated rings. The van der Waals surface area contributed by atoms with Crippen molar-refractivity contribution < 1.29 is 9.84 Å². The molecular weight excluding hydrogens is 272 g/mol. The Kier molecular flexibility index (Phi) is 6.91. The van der Waals surface area contributed by atoms with Gasteiger partial charge in [-0.25, -0.2) is 0 Å². The number of rotatable bonds is 8. The maximum atomic E-state index is 9.93. The highest BCUT2D eigenvalue weighted by Gasteiger charge is 2.10. The monoisotopic (exact) mass is 296 g/mol. The molecule has 112 valence electrons. The van der Waals surface area contributed by atoms with Gasteiger partial charge < -0.3 is 20.5 Å². The van der Waals surface area contributed by atoms with Crippen molar-refractivity contribution in [2.75, 3.05) is 26.7 Å². The molecule has 3 N–H and O–H groups in total. The molecule has 0 spiro atoms. The van der Waals surface area contributed by atoms with Crippen LogP contribution in [0.2, 0.25) is 0 Å². The fraction of sp³-hybridized carbons (Fsp3) is 0.533. The minimum Gasteiger partial charge on any atom is -0.491 e. The van der Waals surface area contributed by atoms with E-state index < -0.39 is 6.10 Å². The highest BCUT2D eigenvalue weighted by molar-refractivity contribution is 7.80. The van der Waals surface area contributed by atoms with E-state index in [-0.39, 0.29) is 6.61 Å². The summed E-state index contributed by atoms with van der Waals surface area (Å²) in [5, 5.41) is 9.93. The molecule has 0 aliphatic rings. The van der Waals surface area contributed by atoms with Gasteiger partial charge in [-0.1, -0.05) is 26.1 Å². The number of aliphatic hydroxyl groups is 1. The number of ether oxygens (including phenoxy) is 1. The van der Waals surface area contributed by atoms with Gasteiger partial charge in [0.15, 0.2) is 0 Å². The Morgan fingerprint density at radius 1 is 1.30 bits per heavy atom. The SMILES string of the molecule is CC(C)CN(C)CC(O)COc1ccc(C(N)=S)cc1. The molecule has 4 nitrogen and oxygen atoms in total. The van der Waals surface area contributed by atoms with Gasteiger partial charge in [-0.2, -0.15) is 0 Å². The Labute approximate surface area is 126 Å². The molecule has 1 rings (SSSR count). The topological polar surface area (TPSA) is 58.7 Å². The van der Waals surface area contributed by atoms with Gasteiger partial charge in [0.1, 0.15) is 23.4 Å². The summed E-state index contributed by atoms with van der Waals surface area (Å²) in [5.74, 6) is 1.29. The first-order chi connectivity index (χ1) is 9.38. The van der Waals surface area contributed by atoms with Crippen LogP contribution >= 0.6 is 12.2 Å². The van der Waals surface area contributed by atoms with E-state index in [1.54, 1.807) is 12.1 Å². The van der Waals surface area contributed by atoms with Crippen LogP contribution in [0.1, 0.15) is 19.4 Å². The minimum absolute atomic E-state index is 0.273. The third-order valence-corrected chi connectivity index (χ3v) is 3.02. The van der Waals surface area contributed by atoms with Crippen molar-refractivity contribution in [3.63, 3.8) is 0 Å². The van der Waals surface area contributed by atoms with E-state index in [1.165, 1.54) is 0 Å². The lowest BCUT2D eigenvalue weighted by Gasteiger charge is -2.22. The van der Waals surface area contributed by atoms with Crippen LogP contribution in [0.3, 0.4) is 0 Å². The van der Waals surface area contributed by atoms with Crippen LogP contribution in [0, 0.1) is 5.92 Å². The van der Waals surface area contributed by atoms with Crippen LogP contribution < -0.4 is 10.5 Å². The summed E-state index contributed by atoms with van der Waals surface area (Å²) in [6, 6.07) is 7.24. The van der Waals surface area contributed by atoms with E-state index in [1.807, 2.05) is 19.2 Å². The Balaban J connectivity index is 2.37. The molecule has 0 radical (unpaired) electrons. The maximum Gasteiger partial charge on any atom is 0.119 e. The first-order valence-electron chi connectivity index (χ1n) is 6.77. The molecule has 1 unspecified atom stereocenters. The van der Waals surface area contributed by atoms with Gasteiger partial charge in [0, 0.05) is 18.7 Å². The van der Waals surface area contributed by atoms with Crippen LogP contribution in [0.15, 0.2) is 24.3 Å². The van der Waals surface area contributed by atoms with Gasteiger partial charge in [0.05, 0.1) is 0 Å². The number of benzene rings is 1. The zero-order valence-electron chi connectivity index (χ0n) is 12.4. The molecule has 0 saturated heterocycles. The van der Waals surface area contributed by atoms with Gasteiger partial charge in [-0.3, -0.25) is 0 Å². The molecule has 1 aromatic carbocycles. The number of likely N-dealkylation sites (N-methyl/N-ethyl adjacent to an activating group) is 1. The van der Waals surface area contributed by atoms with Crippen molar-refractivity contribution in [1.29, 1.82) is 0 Å². The highest BCUT2D eigenvalue weighted by atomic mass is 32.1. The average Bonchev–Trinajstić information content (AvgIpc) is 2.35. The largest absolute Gasteiger partial charge is 0.491 e. The van der Waals surface area contributed by atoms with Gasteiger partial charge in [0.2, 0.25) is 0 Å². The van der Waals surface area contributed by atoms with Gasteiger partial charge in [-0.05, 0) is 37.2 Å². The summed E-state index contributed by atoms with van der Waals surface area (Å²) in [6.07, 6.45) is -0.506. The smallest absolute Gasteiger partial charge is 0.119 e. The first kappa shape index (κ1) is 16.9. The summed E-state index contributed by atoms with van der Waals surface area (Å²) < 4.78 is 5.55. The number of thiocarbonyl (C=S) groups is 1. The highest BCUT2D eigenvalue weighted by Crippen LogP contribution is 2.12. The molecule has 5 heteroatoms. The normalized spacial score (nSPS) is 12.7. The standard InChI is InChI=1S/C15H24N2O2S/c1-11(2)8-17(3)9-13(18)10-19-14-6-4-12(5-7-14)15(16)20/h4-7,11,13,18H,8-10H2,1-3H3,(H2,16,20). The molecule has 0 heterocycles. The number of hydrogen-bond donors (Lipinski definition) is 2. The first-order valence-corrected chi connectivity index (χ1v) is 7.18. The van der Waals surface area contributed by atoms with Crippen LogP contribution in [-0.4, -0.2) is 47.8 Å². The molecule has 0 saturated carbocycles. The number of nitrogens with zero attached hydrogens (tertiary/aromatic N) is 1. The fourth-order valence-electron chi connectivity index (χ4n) is 2.02. The molecule has 0 aliphatic carbocycles. The molecule has 20 heavy (non-hydrogen) atoms. The van der Waals surface area contributed by atoms with Crippen molar-refractivity contribution in [3.05, 3.63) is 29.8 Å². The van der Waals surface area contributed by atoms with E-state index in [4.69, 9.17) is 22.7 Å². The summed E-state index contributed by atoms with van der Waals surface area (Å²) in [6.45, 7) is 6.14. The van der Waals surface area contributed by atoms with Gasteiger partial charge in [-0.15, -0.1) is 0 Å². The summed E-state index contributed by atoms with van der Waals surface area (Å²) in [4.78, 5) is 2.47. The van der Waals surface area contributed by atoms with E-state index in [9.17, 15) is 5.11 Å². The van der Waals surface area contributed by atoms with Crippen molar-refractivity contribution in [3.8, 4) is 5.75 Å². The Bertz CT molecular complexity index is 420. The number of hydrogen-bond acceptors (Lipinski definition) is 4. The van der Waals surface area contributed by atoms with Gasteiger partial charge >= 0.3 is 0 Å². The zero-order chi connectivity index (χ0) is 15.1. The second-order valence-electron chi connectivity index (χ2n) is 5.47. The van der Waals surface area contributed by atoms with Crippen molar-refractivity contribution >= 4 is 17.2 Å². The lowest BCUT2D eigenvalue weighted by atomic mass is 10.2. The van der Waals surface area contributed by atoms with Crippen LogP contribution in [0.5, 0.6) is 5.75 Å². The fourth-order valence-corrected chi connectivity index (χ4v) is 2.15. The van der Waals surface area contributed by atoms with E-state index in [0.29, 0.717) is 23.2 Å². The van der Waals surface area contributed by atoms with E-state index >= 15 is 0 Å². The summed E-state index contributed by atoms with van der Waals surface area (Å²) in [7, 11) is 2.00. The quantitative estimate of drug-likeness (QED) is 0.714. The number of aliphatic hydroxyl groups excluding tert-OH is 1. The second-order valence-corrected chi connectivity index (χ2v) is 5.91. The Morgan fingerprint density at radius 2 is 1.90 bits per heavy atom. The summed E-state index contributed by atoms with van der Waals surface area (Å²) in [5.41, 5.74) is 6.34. The van der Waals surface area contributed by atoms with Crippen molar-refractivity contribution in [2.45, 2.75) is 20.0 Å². The minimum atomic E-state index is -0.506. The summed E-state index contributed by atoms with van der Waals surface area (Å²) >= 11 is 4.88. The van der Waals surface area contributed by atoms with Gasteiger partial charge in [0.25, 0.3) is 0 Å². The molecule has 1 aromatic rings. The third-order valence-electron chi connectivity index (χ3n) is 2.78. The van der Waals surface area contributed by atoms with Crippen molar-refractivity contribution in [1.82, 2.24) is 4.90 Å². The van der Waals surface area contributed by atoms with Crippen molar-refractivity contribution in [2.24, 2.45) is 11.7 Å². The molecule has 0 aliphatic heterocycles. The Morgan fingerprint density at radius 3 is 2.40 bits per heavy atom. The van der Waals surface area contributed by atoms with Crippen LogP contribution in [0.25, 0.3) is 0 Å². The maximum absolute atomic E-state index is 9.93. The second kappa shape index (κ2) is 8.19. The Hall–Kier alpha value is -1.17. The average molecular weight is 296 g/mol. The predicted octanol–water partition coefficient (Wildman–Crippen LogP) is 1.65. The molecular formula is C15H24N2O2S. The van der Waals surface area contributed by atoms with Crippen LogP contribution in [-0.2, 0) is 0 Å². The molecule has 0 amide bonds. The van der Waals surface area contributed by atoms with E-state index in [0.717, 1.165) is 12.1 Å². The lowest BCUT2D eigenvalue weighted by Crippen LogP contribution is -2.35. The number of nitrogens with two attached hydrogens (primary N) is 1. The molecule has 1 atom stereocenters. The van der Waals surface area contributed by atoms with E-state index in [2.05, 4.69) is 18.7 Å². The zero-order valence-corrected chi connectivity index (χ0v) is 13.2.